The Morgan fingerprint density at radius 2 is 1.77 bits per heavy atom. The SMILES string of the molecule is CCc1ccc(OCC(N)c2ccc3c(c2)OCCO3)cc1. The van der Waals surface area contributed by atoms with Crippen LogP contribution < -0.4 is 19.9 Å². The number of benzene rings is 2. The third-order valence-electron chi connectivity index (χ3n) is 3.76. The average molecular weight is 299 g/mol. The van der Waals surface area contributed by atoms with Crippen LogP contribution in [0.25, 0.3) is 0 Å². The van der Waals surface area contributed by atoms with Crippen molar-refractivity contribution in [2.45, 2.75) is 19.4 Å². The summed E-state index contributed by atoms with van der Waals surface area (Å²) in [6.45, 7) is 3.72. The number of fused-ring (bicyclic) bond motifs is 1. The molecule has 0 bridgehead atoms. The fraction of sp³-hybridized carbons (Fsp3) is 0.333. The second-order valence-electron chi connectivity index (χ2n) is 5.32. The summed E-state index contributed by atoms with van der Waals surface area (Å²) in [6.07, 6.45) is 1.02. The predicted octanol–water partition coefficient (Wildman–Crippen LogP) is 3.10. The molecule has 1 heterocycles. The molecule has 0 saturated heterocycles. The molecule has 0 amide bonds. The van der Waals surface area contributed by atoms with Crippen LogP contribution in [0.1, 0.15) is 24.1 Å². The molecular weight excluding hydrogens is 278 g/mol. The Labute approximate surface area is 130 Å². The zero-order valence-electron chi connectivity index (χ0n) is 12.7. The van der Waals surface area contributed by atoms with Crippen LogP contribution in [0.3, 0.4) is 0 Å². The molecular formula is C18H21NO3. The molecule has 1 atom stereocenters. The smallest absolute Gasteiger partial charge is 0.161 e. The van der Waals surface area contributed by atoms with Crippen molar-refractivity contribution in [3.63, 3.8) is 0 Å². The zero-order valence-corrected chi connectivity index (χ0v) is 12.7. The van der Waals surface area contributed by atoms with Crippen molar-refractivity contribution < 1.29 is 14.2 Å². The Kier molecular flexibility index (Phi) is 4.49. The molecule has 0 radical (unpaired) electrons. The normalized spacial score (nSPS) is 14.5. The Morgan fingerprint density at radius 3 is 2.50 bits per heavy atom. The molecule has 0 fully saturated rings. The molecule has 1 unspecified atom stereocenters. The fourth-order valence-corrected chi connectivity index (χ4v) is 2.39. The maximum absolute atomic E-state index is 6.21. The van der Waals surface area contributed by atoms with E-state index in [4.69, 9.17) is 19.9 Å². The summed E-state index contributed by atoms with van der Waals surface area (Å²) in [6, 6.07) is 13.7. The van der Waals surface area contributed by atoms with Crippen LogP contribution in [0.15, 0.2) is 42.5 Å². The molecule has 4 heteroatoms. The molecule has 2 N–H and O–H groups in total. The van der Waals surface area contributed by atoms with Gasteiger partial charge in [0.15, 0.2) is 11.5 Å². The molecule has 22 heavy (non-hydrogen) atoms. The molecule has 1 aliphatic heterocycles. The lowest BCUT2D eigenvalue weighted by Gasteiger charge is -2.20. The van der Waals surface area contributed by atoms with E-state index < -0.39 is 0 Å². The molecule has 3 rings (SSSR count). The zero-order chi connectivity index (χ0) is 15.4. The maximum atomic E-state index is 6.21. The van der Waals surface area contributed by atoms with Crippen LogP contribution in [0.2, 0.25) is 0 Å². The van der Waals surface area contributed by atoms with Crippen molar-refractivity contribution in [2.75, 3.05) is 19.8 Å². The second-order valence-corrected chi connectivity index (χ2v) is 5.32. The van der Waals surface area contributed by atoms with E-state index in [9.17, 15) is 0 Å². The van der Waals surface area contributed by atoms with Crippen LogP contribution in [0, 0.1) is 0 Å². The summed E-state index contributed by atoms with van der Waals surface area (Å²) in [5, 5.41) is 0. The van der Waals surface area contributed by atoms with E-state index in [0.717, 1.165) is 29.2 Å². The molecule has 0 aromatic heterocycles. The summed E-state index contributed by atoms with van der Waals surface area (Å²) in [5.74, 6) is 2.37. The number of nitrogens with two attached hydrogens (primary N) is 1. The molecule has 4 nitrogen and oxygen atoms in total. The summed E-state index contributed by atoms with van der Waals surface area (Å²) in [7, 11) is 0. The van der Waals surface area contributed by atoms with E-state index in [0.29, 0.717) is 19.8 Å². The minimum Gasteiger partial charge on any atom is -0.492 e. The monoisotopic (exact) mass is 299 g/mol. The predicted molar refractivity (Wildman–Crippen MR) is 85.7 cm³/mol. The summed E-state index contributed by atoms with van der Waals surface area (Å²) < 4.78 is 16.9. The Bertz CT molecular complexity index is 625. The highest BCUT2D eigenvalue weighted by Crippen LogP contribution is 2.32. The summed E-state index contributed by atoms with van der Waals surface area (Å²) in [4.78, 5) is 0. The first-order chi connectivity index (χ1) is 10.8. The van der Waals surface area contributed by atoms with Gasteiger partial charge in [-0.25, -0.2) is 0 Å². The molecule has 1 aliphatic rings. The third kappa shape index (κ3) is 3.34. The van der Waals surface area contributed by atoms with Crippen molar-refractivity contribution in [3.8, 4) is 17.2 Å². The van der Waals surface area contributed by atoms with Crippen molar-refractivity contribution in [1.82, 2.24) is 0 Å². The van der Waals surface area contributed by atoms with Crippen LogP contribution >= 0.6 is 0 Å². The first-order valence-electron chi connectivity index (χ1n) is 7.63. The van der Waals surface area contributed by atoms with Gasteiger partial charge in [0.25, 0.3) is 0 Å². The van der Waals surface area contributed by atoms with E-state index in [2.05, 4.69) is 19.1 Å². The average Bonchev–Trinajstić information content (AvgIpc) is 2.59. The van der Waals surface area contributed by atoms with Gasteiger partial charge < -0.3 is 19.9 Å². The van der Waals surface area contributed by atoms with E-state index >= 15 is 0 Å². The second kappa shape index (κ2) is 6.71. The van der Waals surface area contributed by atoms with Gasteiger partial charge in [-0.1, -0.05) is 25.1 Å². The van der Waals surface area contributed by atoms with Crippen molar-refractivity contribution >= 4 is 0 Å². The molecule has 2 aromatic rings. The highest BCUT2D eigenvalue weighted by atomic mass is 16.6. The Hall–Kier alpha value is -2.20. The Morgan fingerprint density at radius 1 is 1.05 bits per heavy atom. The van der Waals surface area contributed by atoms with Crippen LogP contribution in [0.4, 0.5) is 0 Å². The van der Waals surface area contributed by atoms with Gasteiger partial charge in [-0.2, -0.15) is 0 Å². The van der Waals surface area contributed by atoms with E-state index in [1.165, 1.54) is 5.56 Å². The largest absolute Gasteiger partial charge is 0.492 e. The lowest BCUT2D eigenvalue weighted by Crippen LogP contribution is -2.20. The lowest BCUT2D eigenvalue weighted by molar-refractivity contribution is 0.171. The molecule has 116 valence electrons. The highest BCUT2D eigenvalue weighted by Gasteiger charge is 2.15. The number of aryl methyl sites for hydroxylation is 1. The maximum Gasteiger partial charge on any atom is 0.161 e. The van der Waals surface area contributed by atoms with E-state index in [-0.39, 0.29) is 6.04 Å². The minimum atomic E-state index is -0.207. The summed E-state index contributed by atoms with van der Waals surface area (Å²) in [5.41, 5.74) is 8.49. The first-order valence-corrected chi connectivity index (χ1v) is 7.63. The standard InChI is InChI=1S/C18H21NO3/c1-2-13-3-6-15(7-4-13)22-12-16(19)14-5-8-17-18(11-14)21-10-9-20-17/h3-8,11,16H,2,9-10,12,19H2,1H3. The van der Waals surface area contributed by atoms with Gasteiger partial charge in [-0.3, -0.25) is 0 Å². The molecule has 0 saturated carbocycles. The quantitative estimate of drug-likeness (QED) is 0.921. The summed E-state index contributed by atoms with van der Waals surface area (Å²) >= 11 is 0. The van der Waals surface area contributed by atoms with Gasteiger partial charge in [0, 0.05) is 0 Å². The van der Waals surface area contributed by atoms with Crippen molar-refractivity contribution in [2.24, 2.45) is 5.73 Å². The number of ether oxygens (including phenoxy) is 3. The van der Waals surface area contributed by atoms with Crippen molar-refractivity contribution in [1.29, 1.82) is 0 Å². The van der Waals surface area contributed by atoms with E-state index in [1.54, 1.807) is 0 Å². The first kappa shape index (κ1) is 14.7. The van der Waals surface area contributed by atoms with Gasteiger partial charge in [-0.05, 0) is 41.8 Å². The number of hydrogen-bond acceptors (Lipinski definition) is 4. The van der Waals surface area contributed by atoms with Gasteiger partial charge >= 0.3 is 0 Å². The van der Waals surface area contributed by atoms with Crippen molar-refractivity contribution in [3.05, 3.63) is 53.6 Å². The molecule has 0 aliphatic carbocycles. The third-order valence-corrected chi connectivity index (χ3v) is 3.76. The van der Waals surface area contributed by atoms with E-state index in [1.807, 2.05) is 30.3 Å². The number of rotatable bonds is 5. The van der Waals surface area contributed by atoms with Gasteiger partial charge in [0.2, 0.25) is 0 Å². The van der Waals surface area contributed by atoms with Crippen LogP contribution in [0.5, 0.6) is 17.2 Å². The number of hydrogen-bond donors (Lipinski definition) is 1. The van der Waals surface area contributed by atoms with Gasteiger partial charge in [0.05, 0.1) is 6.04 Å². The lowest BCUT2D eigenvalue weighted by atomic mass is 10.1. The molecule has 2 aromatic carbocycles. The van der Waals surface area contributed by atoms with Gasteiger partial charge in [-0.15, -0.1) is 0 Å². The van der Waals surface area contributed by atoms with Crippen LogP contribution in [-0.2, 0) is 6.42 Å². The highest BCUT2D eigenvalue weighted by molar-refractivity contribution is 5.44. The Balaban J connectivity index is 1.62. The van der Waals surface area contributed by atoms with Gasteiger partial charge in [0.1, 0.15) is 25.6 Å². The molecule has 0 spiro atoms. The minimum absolute atomic E-state index is 0.207. The fourth-order valence-electron chi connectivity index (χ4n) is 2.39. The topological polar surface area (TPSA) is 53.7 Å². The van der Waals surface area contributed by atoms with Crippen LogP contribution in [-0.4, -0.2) is 19.8 Å².